The average Bonchev–Trinajstić information content (AvgIpc) is 3.30. The summed E-state index contributed by atoms with van der Waals surface area (Å²) in [5.41, 5.74) is 0.923. The van der Waals surface area contributed by atoms with E-state index < -0.39 is 23.9 Å². The predicted molar refractivity (Wildman–Crippen MR) is 245 cm³/mol. The van der Waals surface area contributed by atoms with Crippen LogP contribution in [0.5, 0.6) is 0 Å². The van der Waals surface area contributed by atoms with Gasteiger partial charge < -0.3 is 31.9 Å². The summed E-state index contributed by atoms with van der Waals surface area (Å²) in [4.78, 5) is 103. The van der Waals surface area contributed by atoms with Crippen LogP contribution >= 0.6 is 0 Å². The Kier molecular flexibility index (Phi) is 30.3. The highest BCUT2D eigenvalue weighted by molar-refractivity contribution is 5.89. The standard InChI is InChI=1S/C27H42N4O5.C20H36N4O5/c1-2-3-14-23(19-31(21-32)36-20-22-12-6-4-7-13-22)26(34)30-24-15-9-11-17-28-25(33)16-8-5-10-18-29-27(24)35;1-2-3-9-16(14-24(29)15-25)19(27)23-17-10-6-8-12-21-18(26)11-5-4-7-13-22-20(17)28/h4,6-7,12-13,21,23-24H,2-3,5,8-11,14-20H2,1H3,(H,28,33)(H,29,35)(H,30,34);15-17,29H,2-14H2,1H3,(H,21,26)(H,22,28)(H,23,27)/t23-,24+;16-,17+/m11/s1. The van der Waals surface area contributed by atoms with Gasteiger partial charge in [0.15, 0.2) is 0 Å². The molecule has 0 radical (unpaired) electrons. The lowest BCUT2D eigenvalue weighted by atomic mass is 9.99. The molecule has 8 amide bonds. The molecule has 65 heavy (non-hydrogen) atoms. The summed E-state index contributed by atoms with van der Waals surface area (Å²) in [6, 6.07) is 8.18. The molecule has 0 unspecified atom stereocenters. The second-order valence-corrected chi connectivity index (χ2v) is 16.9. The summed E-state index contributed by atoms with van der Waals surface area (Å²) in [6.45, 7) is 6.41. The van der Waals surface area contributed by atoms with Crippen LogP contribution in [0.2, 0.25) is 0 Å². The number of hydrogen-bond acceptors (Lipinski definition) is 10. The Balaban J connectivity index is 0.000000458. The number of benzene rings is 1. The highest BCUT2D eigenvalue weighted by Crippen LogP contribution is 2.15. The number of hydrogen-bond donors (Lipinski definition) is 7. The zero-order valence-electron chi connectivity index (χ0n) is 39.0. The minimum atomic E-state index is -0.673. The summed E-state index contributed by atoms with van der Waals surface area (Å²) in [6.07, 6.45) is 15.0. The molecule has 4 atom stereocenters. The molecule has 366 valence electrons. The Bertz CT molecular complexity index is 1550. The van der Waals surface area contributed by atoms with Gasteiger partial charge in [0.25, 0.3) is 0 Å². The Labute approximate surface area is 385 Å². The molecule has 2 aliphatic rings. The Morgan fingerprint density at radius 3 is 1.58 bits per heavy atom. The molecule has 0 spiro atoms. The van der Waals surface area contributed by atoms with E-state index in [1.807, 2.05) is 44.2 Å². The van der Waals surface area contributed by atoms with Crippen LogP contribution in [0.4, 0.5) is 0 Å². The molecule has 2 heterocycles. The quantitative estimate of drug-likeness (QED) is 0.0599. The molecule has 18 nitrogen and oxygen atoms in total. The molecule has 0 aromatic heterocycles. The molecule has 3 rings (SSSR count). The molecule has 2 saturated heterocycles. The first-order valence-corrected chi connectivity index (χ1v) is 24.0. The van der Waals surface area contributed by atoms with Crippen molar-refractivity contribution in [3.05, 3.63) is 35.9 Å². The number of nitrogens with zero attached hydrogens (tertiary/aromatic N) is 2. The number of hydroxylamine groups is 4. The first kappa shape index (κ1) is 56.0. The van der Waals surface area contributed by atoms with Crippen molar-refractivity contribution in [3.8, 4) is 0 Å². The molecule has 7 N–H and O–H groups in total. The van der Waals surface area contributed by atoms with Crippen molar-refractivity contribution in [2.75, 3.05) is 39.3 Å². The van der Waals surface area contributed by atoms with Crippen LogP contribution in [0.3, 0.4) is 0 Å². The van der Waals surface area contributed by atoms with Crippen molar-refractivity contribution < 1.29 is 48.4 Å². The lowest BCUT2D eigenvalue weighted by Crippen LogP contribution is -2.50. The average molecular weight is 915 g/mol. The second kappa shape index (κ2) is 35.2. The molecule has 1 aromatic carbocycles. The number of nitrogens with one attached hydrogen (secondary N) is 6. The fourth-order valence-corrected chi connectivity index (χ4v) is 7.40. The number of carbonyl (C=O) groups is 8. The van der Waals surface area contributed by atoms with Crippen LogP contribution in [0.25, 0.3) is 0 Å². The smallest absolute Gasteiger partial charge is 0.242 e. The van der Waals surface area contributed by atoms with E-state index in [9.17, 15) is 43.6 Å². The Morgan fingerprint density at radius 1 is 0.662 bits per heavy atom. The van der Waals surface area contributed by atoms with E-state index in [0.29, 0.717) is 89.0 Å². The van der Waals surface area contributed by atoms with Gasteiger partial charge >= 0.3 is 0 Å². The van der Waals surface area contributed by atoms with Crippen LogP contribution < -0.4 is 31.9 Å². The Hall–Kier alpha value is -5.10. The second-order valence-electron chi connectivity index (χ2n) is 16.9. The number of rotatable bonds is 19. The summed E-state index contributed by atoms with van der Waals surface area (Å²) in [5.74, 6) is -1.96. The van der Waals surface area contributed by atoms with Crippen molar-refractivity contribution in [2.24, 2.45) is 11.8 Å². The minimum Gasteiger partial charge on any atom is -0.356 e. The largest absolute Gasteiger partial charge is 0.356 e. The van der Waals surface area contributed by atoms with Gasteiger partial charge in [0, 0.05) is 39.0 Å². The zero-order chi connectivity index (χ0) is 47.5. The van der Waals surface area contributed by atoms with Gasteiger partial charge in [0.2, 0.25) is 48.3 Å². The fraction of sp³-hybridized carbons (Fsp3) is 0.702. The van der Waals surface area contributed by atoms with Gasteiger partial charge in [-0.15, -0.1) is 0 Å². The maximum absolute atomic E-state index is 13.3. The third-order valence-electron chi connectivity index (χ3n) is 11.3. The SMILES string of the molecule is CCCC[C@H](CN(C=O)OCc1ccccc1)C(=O)N[C@H]1CCCCNC(=O)CCCCCNC1=O.CCCC[C@H](CN(O)C=O)C(=O)N[C@H]1CCCCNC(=O)CCCCCNC1=O. The van der Waals surface area contributed by atoms with Crippen LogP contribution in [-0.4, -0.2) is 115 Å². The van der Waals surface area contributed by atoms with Gasteiger partial charge in [0.1, 0.15) is 18.7 Å². The molecule has 2 aliphatic heterocycles. The minimum absolute atomic E-state index is 0.0541. The van der Waals surface area contributed by atoms with E-state index in [-0.39, 0.29) is 61.5 Å². The third kappa shape index (κ3) is 25.8. The van der Waals surface area contributed by atoms with Crippen LogP contribution in [0, 0.1) is 11.8 Å². The van der Waals surface area contributed by atoms with Crippen molar-refractivity contribution in [1.82, 2.24) is 42.0 Å². The van der Waals surface area contributed by atoms with Crippen molar-refractivity contribution in [1.29, 1.82) is 0 Å². The van der Waals surface area contributed by atoms with Gasteiger partial charge in [0.05, 0.1) is 24.9 Å². The van der Waals surface area contributed by atoms with E-state index >= 15 is 0 Å². The van der Waals surface area contributed by atoms with Gasteiger partial charge in [-0.05, 0) is 82.6 Å². The zero-order valence-corrected chi connectivity index (χ0v) is 39.0. The number of amides is 8. The van der Waals surface area contributed by atoms with Crippen molar-refractivity contribution in [3.63, 3.8) is 0 Å². The molecule has 0 saturated carbocycles. The van der Waals surface area contributed by atoms with Gasteiger partial charge in [-0.2, -0.15) is 0 Å². The topological polar surface area (TPSA) is 245 Å². The van der Waals surface area contributed by atoms with E-state index in [1.54, 1.807) is 0 Å². The lowest BCUT2D eigenvalue weighted by Gasteiger charge is -2.26. The molecular weight excluding hydrogens is 837 g/mol. The fourth-order valence-electron chi connectivity index (χ4n) is 7.40. The van der Waals surface area contributed by atoms with Crippen molar-refractivity contribution in [2.45, 2.75) is 161 Å². The first-order chi connectivity index (χ1) is 31.5. The molecular formula is C47H78N8O10. The van der Waals surface area contributed by atoms with E-state index in [4.69, 9.17) is 4.84 Å². The third-order valence-corrected chi connectivity index (χ3v) is 11.3. The molecule has 0 bridgehead atoms. The Morgan fingerprint density at radius 2 is 1.12 bits per heavy atom. The normalized spacial score (nSPS) is 19.6. The molecule has 2 fully saturated rings. The first-order valence-electron chi connectivity index (χ1n) is 24.0. The molecule has 0 aliphatic carbocycles. The van der Waals surface area contributed by atoms with Crippen LogP contribution in [0.15, 0.2) is 30.3 Å². The predicted octanol–water partition coefficient (Wildman–Crippen LogP) is 3.95. The van der Waals surface area contributed by atoms with E-state index in [2.05, 4.69) is 31.9 Å². The molecule has 1 aromatic rings. The lowest BCUT2D eigenvalue weighted by molar-refractivity contribution is -0.182. The van der Waals surface area contributed by atoms with Crippen molar-refractivity contribution >= 4 is 48.3 Å². The van der Waals surface area contributed by atoms with Crippen LogP contribution in [0.1, 0.15) is 148 Å². The number of unbranched alkanes of at least 4 members (excludes halogenated alkanes) is 2. The summed E-state index contributed by atoms with van der Waals surface area (Å²) >= 11 is 0. The number of carbonyl (C=O) groups excluding carboxylic acids is 8. The molecule has 18 heteroatoms. The van der Waals surface area contributed by atoms with Gasteiger partial charge in [-0.1, -0.05) is 82.7 Å². The monoisotopic (exact) mass is 915 g/mol. The van der Waals surface area contributed by atoms with Crippen LogP contribution in [-0.2, 0) is 49.8 Å². The summed E-state index contributed by atoms with van der Waals surface area (Å²) < 4.78 is 0. The summed E-state index contributed by atoms with van der Waals surface area (Å²) in [7, 11) is 0. The maximum Gasteiger partial charge on any atom is 0.242 e. The van der Waals surface area contributed by atoms with E-state index in [0.717, 1.165) is 82.6 Å². The van der Waals surface area contributed by atoms with Gasteiger partial charge in [-0.3, -0.25) is 48.4 Å². The highest BCUT2D eigenvalue weighted by Gasteiger charge is 2.28. The summed E-state index contributed by atoms with van der Waals surface area (Å²) in [5, 5.41) is 28.5. The van der Waals surface area contributed by atoms with Gasteiger partial charge in [-0.25, -0.2) is 10.1 Å². The van der Waals surface area contributed by atoms with E-state index in [1.165, 1.54) is 5.06 Å². The highest BCUT2D eigenvalue weighted by atomic mass is 16.7. The maximum atomic E-state index is 13.3.